The number of nitrogens with one attached hydrogen (secondary N) is 1. The van der Waals surface area contributed by atoms with Gasteiger partial charge in [-0.05, 0) is 36.6 Å². The standard InChI is InChI=1S/C22H27N3O3/c1-27-20-9-5-6-10-21(20)28-19-15-25(16-19)22(26)23-13-17-11-12-24(14-17)18-7-3-2-4-8-18/h2-10,17,19H,11-16H2,1H3,(H,23,26). The summed E-state index contributed by atoms with van der Waals surface area (Å²) in [5.74, 6) is 1.93. The molecule has 0 bridgehead atoms. The Bertz CT molecular complexity index is 793. The zero-order chi connectivity index (χ0) is 19.3. The summed E-state index contributed by atoms with van der Waals surface area (Å²) in [6.45, 7) is 3.96. The summed E-state index contributed by atoms with van der Waals surface area (Å²) in [4.78, 5) is 16.6. The lowest BCUT2D eigenvalue weighted by Crippen LogP contribution is -2.59. The lowest BCUT2D eigenvalue weighted by atomic mass is 10.1. The molecule has 28 heavy (non-hydrogen) atoms. The number of ether oxygens (including phenoxy) is 2. The molecule has 0 spiro atoms. The van der Waals surface area contributed by atoms with E-state index in [9.17, 15) is 4.79 Å². The van der Waals surface area contributed by atoms with Crippen molar-refractivity contribution in [1.29, 1.82) is 0 Å². The molecule has 0 aromatic heterocycles. The van der Waals surface area contributed by atoms with Gasteiger partial charge in [-0.1, -0.05) is 30.3 Å². The van der Waals surface area contributed by atoms with E-state index in [0.29, 0.717) is 19.0 Å². The molecule has 6 nitrogen and oxygen atoms in total. The number of nitrogens with zero attached hydrogens (tertiary/aromatic N) is 2. The average molecular weight is 381 g/mol. The number of para-hydroxylation sites is 3. The fourth-order valence-corrected chi connectivity index (χ4v) is 3.79. The number of likely N-dealkylation sites (tertiary alicyclic amines) is 1. The first-order valence-corrected chi connectivity index (χ1v) is 9.85. The van der Waals surface area contributed by atoms with Crippen LogP contribution < -0.4 is 19.7 Å². The van der Waals surface area contributed by atoms with Gasteiger partial charge in [0.25, 0.3) is 0 Å². The summed E-state index contributed by atoms with van der Waals surface area (Å²) in [6, 6.07) is 18.0. The summed E-state index contributed by atoms with van der Waals surface area (Å²) in [5, 5.41) is 3.09. The molecule has 1 N–H and O–H groups in total. The molecular formula is C22H27N3O3. The third kappa shape index (κ3) is 4.16. The van der Waals surface area contributed by atoms with Crippen LogP contribution in [-0.4, -0.2) is 56.9 Å². The quantitative estimate of drug-likeness (QED) is 0.836. The van der Waals surface area contributed by atoms with E-state index in [2.05, 4.69) is 34.5 Å². The van der Waals surface area contributed by atoms with Crippen LogP contribution in [0.3, 0.4) is 0 Å². The molecule has 2 aromatic carbocycles. The van der Waals surface area contributed by atoms with Crippen LogP contribution in [0.1, 0.15) is 6.42 Å². The van der Waals surface area contributed by atoms with Crippen LogP contribution in [0.5, 0.6) is 11.5 Å². The van der Waals surface area contributed by atoms with Gasteiger partial charge >= 0.3 is 6.03 Å². The van der Waals surface area contributed by atoms with Crippen molar-refractivity contribution in [2.75, 3.05) is 44.7 Å². The maximum Gasteiger partial charge on any atom is 0.317 e. The average Bonchev–Trinajstić information content (AvgIpc) is 3.18. The van der Waals surface area contributed by atoms with Gasteiger partial charge in [-0.3, -0.25) is 0 Å². The number of hydrogen-bond donors (Lipinski definition) is 1. The Balaban J connectivity index is 1.18. The molecule has 6 heteroatoms. The minimum Gasteiger partial charge on any atom is -0.493 e. The van der Waals surface area contributed by atoms with Crippen LogP contribution in [0.15, 0.2) is 54.6 Å². The molecule has 0 saturated carbocycles. The number of benzene rings is 2. The number of amides is 2. The number of anilines is 1. The molecule has 1 atom stereocenters. The van der Waals surface area contributed by atoms with Gasteiger partial charge in [0.15, 0.2) is 11.5 Å². The van der Waals surface area contributed by atoms with E-state index >= 15 is 0 Å². The first-order chi connectivity index (χ1) is 13.7. The Hall–Kier alpha value is -2.89. The number of rotatable bonds is 6. The number of carbonyl (C=O) groups excluding carboxylic acids is 1. The number of carbonyl (C=O) groups is 1. The van der Waals surface area contributed by atoms with Crippen molar-refractivity contribution in [3.8, 4) is 11.5 Å². The molecular weight excluding hydrogens is 354 g/mol. The summed E-state index contributed by atoms with van der Waals surface area (Å²) in [6.07, 6.45) is 1.12. The third-order valence-electron chi connectivity index (χ3n) is 5.45. The minimum atomic E-state index is -0.00182. The fraction of sp³-hybridized carbons (Fsp3) is 0.409. The lowest BCUT2D eigenvalue weighted by molar-refractivity contribution is 0.0425. The zero-order valence-corrected chi connectivity index (χ0v) is 16.2. The van der Waals surface area contributed by atoms with Gasteiger partial charge in [-0.25, -0.2) is 4.79 Å². The van der Waals surface area contributed by atoms with E-state index in [4.69, 9.17) is 9.47 Å². The highest BCUT2D eigenvalue weighted by Crippen LogP contribution is 2.28. The van der Waals surface area contributed by atoms with E-state index < -0.39 is 0 Å². The maximum atomic E-state index is 12.4. The van der Waals surface area contributed by atoms with Crippen LogP contribution >= 0.6 is 0 Å². The van der Waals surface area contributed by atoms with E-state index in [-0.39, 0.29) is 12.1 Å². The first-order valence-electron chi connectivity index (χ1n) is 9.85. The summed E-state index contributed by atoms with van der Waals surface area (Å²) in [5.41, 5.74) is 1.26. The Kier molecular flexibility index (Phi) is 5.55. The molecule has 2 amide bonds. The normalized spacial score (nSPS) is 19.2. The molecule has 148 valence electrons. The van der Waals surface area contributed by atoms with Crippen LogP contribution in [0.2, 0.25) is 0 Å². The van der Waals surface area contributed by atoms with Crippen molar-refractivity contribution in [2.45, 2.75) is 12.5 Å². The molecule has 2 saturated heterocycles. The number of methoxy groups -OCH3 is 1. The van der Waals surface area contributed by atoms with E-state index in [0.717, 1.165) is 37.6 Å². The smallest absolute Gasteiger partial charge is 0.317 e. The topological polar surface area (TPSA) is 54.0 Å². The Morgan fingerprint density at radius 1 is 1.04 bits per heavy atom. The highest BCUT2D eigenvalue weighted by molar-refractivity contribution is 5.75. The Morgan fingerprint density at radius 3 is 2.50 bits per heavy atom. The molecule has 2 aliphatic heterocycles. The summed E-state index contributed by atoms with van der Waals surface area (Å²) in [7, 11) is 1.63. The predicted octanol–water partition coefficient (Wildman–Crippen LogP) is 2.99. The van der Waals surface area contributed by atoms with E-state index in [1.807, 2.05) is 30.3 Å². The largest absolute Gasteiger partial charge is 0.493 e. The van der Waals surface area contributed by atoms with Crippen LogP contribution in [0, 0.1) is 5.92 Å². The summed E-state index contributed by atoms with van der Waals surface area (Å²) >= 11 is 0. The monoisotopic (exact) mass is 381 g/mol. The molecule has 2 heterocycles. The maximum absolute atomic E-state index is 12.4. The van der Waals surface area contributed by atoms with Gasteiger partial charge in [0.2, 0.25) is 0 Å². The molecule has 0 aliphatic carbocycles. The number of urea groups is 1. The number of hydrogen-bond acceptors (Lipinski definition) is 4. The van der Waals surface area contributed by atoms with Crippen molar-refractivity contribution < 1.29 is 14.3 Å². The van der Waals surface area contributed by atoms with Crippen molar-refractivity contribution in [1.82, 2.24) is 10.2 Å². The van der Waals surface area contributed by atoms with Crippen LogP contribution in [-0.2, 0) is 0 Å². The second-order valence-electron chi connectivity index (χ2n) is 7.42. The van der Waals surface area contributed by atoms with Crippen molar-refractivity contribution in [2.24, 2.45) is 5.92 Å². The zero-order valence-electron chi connectivity index (χ0n) is 16.2. The van der Waals surface area contributed by atoms with E-state index in [1.165, 1.54) is 5.69 Å². The SMILES string of the molecule is COc1ccccc1OC1CN(C(=O)NCC2CCN(c3ccccc3)C2)C1. The van der Waals surface area contributed by atoms with Gasteiger partial charge in [0.05, 0.1) is 20.2 Å². The third-order valence-corrected chi connectivity index (χ3v) is 5.45. The molecule has 4 rings (SSSR count). The van der Waals surface area contributed by atoms with Crippen molar-refractivity contribution >= 4 is 11.7 Å². The molecule has 2 aliphatic rings. The Labute approximate surface area is 166 Å². The van der Waals surface area contributed by atoms with Gasteiger partial charge in [-0.15, -0.1) is 0 Å². The van der Waals surface area contributed by atoms with Gasteiger partial charge in [0.1, 0.15) is 6.10 Å². The summed E-state index contributed by atoms with van der Waals surface area (Å²) < 4.78 is 11.2. The molecule has 0 radical (unpaired) electrons. The van der Waals surface area contributed by atoms with Gasteiger partial charge in [0, 0.05) is 25.3 Å². The lowest BCUT2D eigenvalue weighted by Gasteiger charge is -2.39. The first kappa shape index (κ1) is 18.5. The van der Waals surface area contributed by atoms with Gasteiger partial charge < -0.3 is 24.6 Å². The van der Waals surface area contributed by atoms with E-state index in [1.54, 1.807) is 12.0 Å². The van der Waals surface area contributed by atoms with Crippen molar-refractivity contribution in [3.63, 3.8) is 0 Å². The highest BCUT2D eigenvalue weighted by atomic mass is 16.5. The molecule has 2 fully saturated rings. The van der Waals surface area contributed by atoms with Crippen molar-refractivity contribution in [3.05, 3.63) is 54.6 Å². The predicted molar refractivity (Wildman–Crippen MR) is 109 cm³/mol. The van der Waals surface area contributed by atoms with Crippen LogP contribution in [0.4, 0.5) is 10.5 Å². The van der Waals surface area contributed by atoms with Gasteiger partial charge in [-0.2, -0.15) is 0 Å². The second kappa shape index (κ2) is 8.42. The minimum absolute atomic E-state index is 0.00182. The Morgan fingerprint density at radius 2 is 1.75 bits per heavy atom. The highest BCUT2D eigenvalue weighted by Gasteiger charge is 2.33. The second-order valence-corrected chi connectivity index (χ2v) is 7.42. The molecule has 2 aromatic rings. The van der Waals surface area contributed by atoms with Crippen LogP contribution in [0.25, 0.3) is 0 Å². The fourth-order valence-electron chi connectivity index (χ4n) is 3.79. The molecule has 1 unspecified atom stereocenters.